The van der Waals surface area contributed by atoms with Gasteiger partial charge in [-0.15, -0.1) is 11.3 Å². The quantitative estimate of drug-likeness (QED) is 0.304. The number of aryl methyl sites for hydroxylation is 1. The van der Waals surface area contributed by atoms with Crippen LogP contribution in [0.2, 0.25) is 0 Å². The van der Waals surface area contributed by atoms with E-state index < -0.39 is 0 Å². The Bertz CT molecular complexity index is 1510. The number of rotatable bonds is 2. The lowest BCUT2D eigenvalue weighted by atomic mass is 10.1. The maximum atomic E-state index is 4.78. The van der Waals surface area contributed by atoms with Gasteiger partial charge >= 0.3 is 0 Å². The zero-order valence-electron chi connectivity index (χ0n) is 16.0. The van der Waals surface area contributed by atoms with Crippen LogP contribution in [0, 0.1) is 0 Å². The molecule has 0 atom stereocenters. The van der Waals surface area contributed by atoms with E-state index >= 15 is 0 Å². The smallest absolute Gasteiger partial charge is 0.0881 e. The van der Waals surface area contributed by atoms with Crippen molar-refractivity contribution in [1.82, 2.24) is 9.55 Å². The van der Waals surface area contributed by atoms with Gasteiger partial charge in [0.1, 0.15) is 0 Å². The second-order valence-corrected chi connectivity index (χ2v) is 8.41. The Hall–Kier alpha value is -3.43. The van der Waals surface area contributed by atoms with Crippen LogP contribution in [0.3, 0.4) is 0 Å². The molecule has 138 valence electrons. The lowest BCUT2D eigenvalue weighted by Crippen LogP contribution is -1.88. The summed E-state index contributed by atoms with van der Waals surface area (Å²) in [5.41, 5.74) is 5.97. The van der Waals surface area contributed by atoms with Crippen LogP contribution in [0.25, 0.3) is 53.6 Å². The predicted octanol–water partition coefficient (Wildman–Crippen LogP) is 7.28. The van der Waals surface area contributed by atoms with Crippen LogP contribution in [0.1, 0.15) is 0 Å². The van der Waals surface area contributed by atoms with Crippen molar-refractivity contribution in [2.45, 2.75) is 0 Å². The van der Waals surface area contributed by atoms with E-state index in [0.717, 1.165) is 11.3 Å². The minimum Gasteiger partial charge on any atom is -0.344 e. The monoisotopic (exact) mass is 390 g/mol. The fourth-order valence-corrected chi connectivity index (χ4v) is 5.39. The molecule has 6 rings (SSSR count). The number of pyridine rings is 1. The largest absolute Gasteiger partial charge is 0.344 e. The van der Waals surface area contributed by atoms with E-state index in [-0.39, 0.29) is 0 Å². The average molecular weight is 391 g/mol. The summed E-state index contributed by atoms with van der Waals surface area (Å²) in [5.74, 6) is 0. The first kappa shape index (κ1) is 16.5. The number of thiophene rings is 1. The summed E-state index contributed by atoms with van der Waals surface area (Å²) in [4.78, 5) is 6.05. The Morgan fingerprint density at radius 3 is 2.41 bits per heavy atom. The molecule has 0 unspecified atom stereocenters. The van der Waals surface area contributed by atoms with Gasteiger partial charge in [-0.2, -0.15) is 0 Å². The Morgan fingerprint density at radius 1 is 0.724 bits per heavy atom. The Morgan fingerprint density at radius 2 is 1.52 bits per heavy atom. The Labute approximate surface area is 172 Å². The molecule has 0 aliphatic rings. The molecule has 3 aromatic heterocycles. The van der Waals surface area contributed by atoms with Crippen molar-refractivity contribution >= 4 is 43.2 Å². The van der Waals surface area contributed by atoms with Crippen molar-refractivity contribution in [3.05, 3.63) is 91.1 Å². The molecule has 2 nitrogen and oxygen atoms in total. The lowest BCUT2D eigenvalue weighted by molar-refractivity contribution is 1.01. The molecule has 6 aromatic rings. The van der Waals surface area contributed by atoms with Gasteiger partial charge < -0.3 is 4.57 Å². The molecule has 0 aliphatic heterocycles. The van der Waals surface area contributed by atoms with Crippen molar-refractivity contribution in [3.8, 4) is 21.7 Å². The van der Waals surface area contributed by atoms with Crippen molar-refractivity contribution in [1.29, 1.82) is 0 Å². The summed E-state index contributed by atoms with van der Waals surface area (Å²) in [5, 5.41) is 3.83. The number of para-hydroxylation sites is 1. The number of hydrogen-bond donors (Lipinski definition) is 0. The molecule has 0 N–H and O–H groups in total. The zero-order chi connectivity index (χ0) is 19.4. The van der Waals surface area contributed by atoms with Gasteiger partial charge in [-0.05, 0) is 35.2 Å². The normalized spacial score (nSPS) is 11.6. The van der Waals surface area contributed by atoms with Gasteiger partial charge in [0.25, 0.3) is 0 Å². The standard InChI is InChI=1S/C26H18N2S/c1-28-22-10-6-5-9-20(22)21-12-11-18(15-23(21)28)25-26-19(13-14-27-25)16-24(29-26)17-7-3-2-4-8-17/h2-16H,1H3. The second-order valence-electron chi connectivity index (χ2n) is 7.36. The topological polar surface area (TPSA) is 17.8 Å². The molecule has 3 aromatic carbocycles. The number of fused-ring (bicyclic) bond motifs is 4. The van der Waals surface area contributed by atoms with E-state index in [1.807, 2.05) is 17.5 Å². The molecule has 0 amide bonds. The van der Waals surface area contributed by atoms with E-state index in [0.29, 0.717) is 0 Å². The number of benzene rings is 3. The fraction of sp³-hybridized carbons (Fsp3) is 0.0385. The van der Waals surface area contributed by atoms with Crippen LogP contribution < -0.4 is 0 Å². The number of aromatic nitrogens is 2. The summed E-state index contributed by atoms with van der Waals surface area (Å²) in [6.07, 6.45) is 1.92. The van der Waals surface area contributed by atoms with E-state index in [4.69, 9.17) is 4.98 Å². The Balaban J connectivity index is 1.58. The molecule has 0 radical (unpaired) electrons. The van der Waals surface area contributed by atoms with Gasteiger partial charge in [0, 0.05) is 45.5 Å². The molecule has 3 heteroatoms. The minimum atomic E-state index is 1.06. The highest BCUT2D eigenvalue weighted by molar-refractivity contribution is 7.22. The third-order valence-corrected chi connectivity index (χ3v) is 6.89. The van der Waals surface area contributed by atoms with E-state index in [1.54, 1.807) is 0 Å². The Kier molecular flexibility index (Phi) is 3.58. The van der Waals surface area contributed by atoms with Crippen LogP contribution in [-0.4, -0.2) is 9.55 Å². The highest BCUT2D eigenvalue weighted by Gasteiger charge is 2.13. The van der Waals surface area contributed by atoms with Crippen LogP contribution in [-0.2, 0) is 7.05 Å². The zero-order valence-corrected chi connectivity index (χ0v) is 16.8. The van der Waals surface area contributed by atoms with Crippen LogP contribution >= 0.6 is 11.3 Å². The van der Waals surface area contributed by atoms with E-state index in [1.165, 1.54) is 42.3 Å². The molecule has 0 saturated carbocycles. The van der Waals surface area contributed by atoms with Gasteiger partial charge in [-0.25, -0.2) is 0 Å². The first-order valence-corrected chi connectivity index (χ1v) is 10.5. The van der Waals surface area contributed by atoms with Crippen molar-refractivity contribution in [2.75, 3.05) is 0 Å². The molecule has 0 spiro atoms. The highest BCUT2D eigenvalue weighted by Crippen LogP contribution is 2.39. The molecule has 29 heavy (non-hydrogen) atoms. The highest BCUT2D eigenvalue weighted by atomic mass is 32.1. The average Bonchev–Trinajstić information content (AvgIpc) is 3.34. The van der Waals surface area contributed by atoms with Crippen molar-refractivity contribution in [3.63, 3.8) is 0 Å². The molecule has 0 saturated heterocycles. The van der Waals surface area contributed by atoms with E-state index in [9.17, 15) is 0 Å². The lowest BCUT2D eigenvalue weighted by Gasteiger charge is -2.04. The number of hydrogen-bond acceptors (Lipinski definition) is 2. The molecule has 3 heterocycles. The second kappa shape index (κ2) is 6.29. The molecular weight excluding hydrogens is 372 g/mol. The SMILES string of the molecule is Cn1c2ccccc2c2ccc(-c3nccc4cc(-c5ccccc5)sc34)cc21. The van der Waals surface area contributed by atoms with Gasteiger partial charge in [-0.1, -0.05) is 60.7 Å². The van der Waals surface area contributed by atoms with Crippen LogP contribution in [0.15, 0.2) is 91.1 Å². The summed E-state index contributed by atoms with van der Waals surface area (Å²) < 4.78 is 3.52. The molecular formula is C26H18N2S. The van der Waals surface area contributed by atoms with Crippen LogP contribution in [0.5, 0.6) is 0 Å². The summed E-state index contributed by atoms with van der Waals surface area (Å²) in [7, 11) is 2.14. The third-order valence-electron chi connectivity index (χ3n) is 5.68. The first-order valence-electron chi connectivity index (χ1n) is 9.71. The summed E-state index contributed by atoms with van der Waals surface area (Å²) in [6.45, 7) is 0. The van der Waals surface area contributed by atoms with Crippen molar-refractivity contribution in [2.24, 2.45) is 7.05 Å². The maximum absolute atomic E-state index is 4.78. The van der Waals surface area contributed by atoms with Crippen LogP contribution in [0.4, 0.5) is 0 Å². The summed E-state index contributed by atoms with van der Waals surface area (Å²) >= 11 is 1.82. The van der Waals surface area contributed by atoms with Gasteiger partial charge in [0.15, 0.2) is 0 Å². The molecule has 0 bridgehead atoms. The van der Waals surface area contributed by atoms with E-state index in [2.05, 4.69) is 96.5 Å². The first-order chi connectivity index (χ1) is 14.3. The molecule has 0 aliphatic carbocycles. The van der Waals surface area contributed by atoms with Gasteiger partial charge in [-0.3, -0.25) is 4.98 Å². The minimum absolute atomic E-state index is 1.06. The van der Waals surface area contributed by atoms with Gasteiger partial charge in [0.2, 0.25) is 0 Å². The summed E-state index contributed by atoms with van der Waals surface area (Å²) in [6, 6.07) is 30.3. The maximum Gasteiger partial charge on any atom is 0.0881 e. The third kappa shape index (κ3) is 2.51. The number of nitrogens with zero attached hydrogens (tertiary/aromatic N) is 2. The molecule has 0 fully saturated rings. The van der Waals surface area contributed by atoms with Gasteiger partial charge in [0.05, 0.1) is 10.4 Å². The predicted molar refractivity (Wildman–Crippen MR) is 124 cm³/mol. The fourth-order valence-electron chi connectivity index (χ4n) is 4.22. The van der Waals surface area contributed by atoms with Crippen molar-refractivity contribution < 1.29 is 0 Å².